The number of carbonyl (C=O) groups excluding carboxylic acids is 1. The second kappa shape index (κ2) is 8.03. The Morgan fingerprint density at radius 2 is 2.14 bits per heavy atom. The van der Waals surface area contributed by atoms with Gasteiger partial charge in [0.15, 0.2) is 17.6 Å². The Morgan fingerprint density at radius 1 is 1.41 bits per heavy atom. The van der Waals surface area contributed by atoms with Crippen molar-refractivity contribution in [3.05, 3.63) is 24.3 Å². The van der Waals surface area contributed by atoms with Crippen molar-refractivity contribution in [1.82, 2.24) is 4.90 Å². The normalized spacial score (nSPS) is 17.9. The summed E-state index contributed by atoms with van der Waals surface area (Å²) in [7, 11) is 0. The maximum absolute atomic E-state index is 12.3. The zero-order valence-corrected chi connectivity index (χ0v) is 13.5. The molecule has 5 heteroatoms. The van der Waals surface area contributed by atoms with E-state index in [1.54, 1.807) is 0 Å². The molecule has 1 aliphatic rings. The van der Waals surface area contributed by atoms with Gasteiger partial charge < -0.3 is 20.1 Å². The monoisotopic (exact) mass is 306 g/mol. The van der Waals surface area contributed by atoms with Crippen molar-refractivity contribution in [2.75, 3.05) is 19.7 Å². The first-order valence-electron chi connectivity index (χ1n) is 8.02. The largest absolute Gasteiger partial charge is 0.486 e. The second-order valence-corrected chi connectivity index (χ2v) is 5.85. The van der Waals surface area contributed by atoms with Gasteiger partial charge in [-0.15, -0.1) is 0 Å². The molecule has 0 bridgehead atoms. The molecule has 2 rings (SSSR count). The second-order valence-electron chi connectivity index (χ2n) is 5.85. The average molecular weight is 306 g/mol. The number of amides is 1. The third-order valence-corrected chi connectivity index (χ3v) is 3.65. The van der Waals surface area contributed by atoms with Crippen LogP contribution in [0.4, 0.5) is 0 Å². The summed E-state index contributed by atoms with van der Waals surface area (Å²) in [5, 5.41) is 0. The van der Waals surface area contributed by atoms with Crippen molar-refractivity contribution in [3.63, 3.8) is 0 Å². The van der Waals surface area contributed by atoms with Crippen LogP contribution in [0.15, 0.2) is 24.3 Å². The van der Waals surface area contributed by atoms with E-state index in [2.05, 4.69) is 6.92 Å². The van der Waals surface area contributed by atoms with E-state index in [1.807, 2.05) is 36.1 Å². The van der Waals surface area contributed by atoms with Crippen molar-refractivity contribution in [3.8, 4) is 11.5 Å². The highest BCUT2D eigenvalue weighted by atomic mass is 16.6. The summed E-state index contributed by atoms with van der Waals surface area (Å²) in [6.07, 6.45) is 2.00. The van der Waals surface area contributed by atoms with E-state index in [4.69, 9.17) is 15.2 Å². The van der Waals surface area contributed by atoms with Gasteiger partial charge in [-0.2, -0.15) is 0 Å². The van der Waals surface area contributed by atoms with Crippen LogP contribution < -0.4 is 15.2 Å². The molecule has 0 saturated heterocycles. The number of nitrogens with zero attached hydrogens (tertiary/aromatic N) is 1. The molecule has 2 N–H and O–H groups in total. The fraction of sp³-hybridized carbons (Fsp3) is 0.588. The Kier molecular flexibility index (Phi) is 6.07. The number of ether oxygens (including phenoxy) is 2. The van der Waals surface area contributed by atoms with Crippen molar-refractivity contribution in [1.29, 1.82) is 0 Å². The van der Waals surface area contributed by atoms with Gasteiger partial charge in [0, 0.05) is 19.0 Å². The van der Waals surface area contributed by atoms with Crippen molar-refractivity contribution in [2.45, 2.75) is 45.3 Å². The number of hydrogen-bond acceptors (Lipinski definition) is 4. The van der Waals surface area contributed by atoms with E-state index in [1.165, 1.54) is 0 Å². The third-order valence-electron chi connectivity index (χ3n) is 3.65. The van der Waals surface area contributed by atoms with Gasteiger partial charge in [-0.3, -0.25) is 4.79 Å². The average Bonchev–Trinajstić information content (AvgIpc) is 2.52. The van der Waals surface area contributed by atoms with Crippen LogP contribution in [-0.2, 0) is 4.79 Å². The molecule has 22 heavy (non-hydrogen) atoms. The van der Waals surface area contributed by atoms with Gasteiger partial charge >= 0.3 is 0 Å². The van der Waals surface area contributed by atoms with Crippen LogP contribution in [0.5, 0.6) is 11.5 Å². The molecule has 2 atom stereocenters. The van der Waals surface area contributed by atoms with E-state index in [-0.39, 0.29) is 18.1 Å². The molecular weight excluding hydrogens is 280 g/mol. The summed E-state index contributed by atoms with van der Waals surface area (Å²) in [5.74, 6) is 1.66. The van der Waals surface area contributed by atoms with Crippen LogP contribution >= 0.6 is 0 Å². The summed E-state index contributed by atoms with van der Waals surface area (Å²) in [5.41, 5.74) is 5.74. The Hall–Kier alpha value is -1.75. The molecule has 1 amide bonds. The smallest absolute Gasteiger partial charge is 0.222 e. The highest BCUT2D eigenvalue weighted by Gasteiger charge is 2.25. The summed E-state index contributed by atoms with van der Waals surface area (Å²) >= 11 is 0. The lowest BCUT2D eigenvalue weighted by Gasteiger charge is -2.31. The fourth-order valence-corrected chi connectivity index (χ4v) is 2.50. The van der Waals surface area contributed by atoms with Crippen molar-refractivity contribution < 1.29 is 14.3 Å². The standard InChI is InChI=1S/C17H26N2O3/c1-3-10-19(17(20)9-8-13(2)18)11-14-12-21-15-6-4-5-7-16(15)22-14/h4-7,13-14H,3,8-12,18H2,1-2H3. The molecule has 0 saturated carbocycles. The number of carbonyl (C=O) groups is 1. The number of fused-ring (bicyclic) bond motifs is 1. The molecule has 1 aromatic rings. The van der Waals surface area contributed by atoms with Crippen LogP contribution in [0.3, 0.4) is 0 Å². The first-order chi connectivity index (χ1) is 10.6. The Bertz CT molecular complexity index is 491. The zero-order chi connectivity index (χ0) is 15.9. The van der Waals surface area contributed by atoms with Crippen molar-refractivity contribution in [2.24, 2.45) is 5.73 Å². The Balaban J connectivity index is 1.92. The number of hydrogen-bond donors (Lipinski definition) is 1. The SMILES string of the molecule is CCCN(CC1COc2ccccc2O1)C(=O)CCC(C)N. The minimum atomic E-state index is -0.124. The highest BCUT2D eigenvalue weighted by Crippen LogP contribution is 2.31. The molecule has 0 aromatic heterocycles. The summed E-state index contributed by atoms with van der Waals surface area (Å²) < 4.78 is 11.7. The van der Waals surface area contributed by atoms with E-state index in [9.17, 15) is 4.79 Å². The molecule has 0 fully saturated rings. The number of para-hydroxylation sites is 2. The van der Waals surface area contributed by atoms with Crippen LogP contribution in [-0.4, -0.2) is 42.6 Å². The minimum absolute atomic E-state index is 0.0496. The van der Waals surface area contributed by atoms with E-state index in [0.717, 1.165) is 24.5 Å². The van der Waals surface area contributed by atoms with E-state index in [0.29, 0.717) is 26.0 Å². The predicted molar refractivity (Wildman–Crippen MR) is 86.1 cm³/mol. The Labute approximate surface area is 132 Å². The van der Waals surface area contributed by atoms with Gasteiger partial charge in [0.2, 0.25) is 5.91 Å². The first-order valence-corrected chi connectivity index (χ1v) is 8.02. The van der Waals surface area contributed by atoms with Gasteiger partial charge in [0.05, 0.1) is 6.54 Å². The molecule has 1 aliphatic heterocycles. The fourth-order valence-electron chi connectivity index (χ4n) is 2.50. The molecule has 0 radical (unpaired) electrons. The minimum Gasteiger partial charge on any atom is -0.486 e. The lowest BCUT2D eigenvalue weighted by Crippen LogP contribution is -2.44. The summed E-state index contributed by atoms with van der Waals surface area (Å²) in [6.45, 7) is 5.75. The topological polar surface area (TPSA) is 64.8 Å². The van der Waals surface area contributed by atoms with Gasteiger partial charge in [-0.05, 0) is 31.9 Å². The number of nitrogens with two attached hydrogens (primary N) is 1. The predicted octanol–water partition coefficient (Wildman–Crippen LogP) is 2.19. The highest BCUT2D eigenvalue weighted by molar-refractivity contribution is 5.76. The molecule has 5 nitrogen and oxygen atoms in total. The van der Waals surface area contributed by atoms with Gasteiger partial charge in [0.1, 0.15) is 6.61 Å². The quantitative estimate of drug-likeness (QED) is 0.838. The van der Waals surface area contributed by atoms with Crippen LogP contribution in [0, 0.1) is 0 Å². The van der Waals surface area contributed by atoms with Crippen LogP contribution in [0.1, 0.15) is 33.1 Å². The Morgan fingerprint density at radius 3 is 2.82 bits per heavy atom. The first kappa shape index (κ1) is 16.6. The molecule has 2 unspecified atom stereocenters. The lowest BCUT2D eigenvalue weighted by molar-refractivity contribution is -0.133. The van der Waals surface area contributed by atoms with E-state index >= 15 is 0 Å². The zero-order valence-electron chi connectivity index (χ0n) is 13.5. The third kappa shape index (κ3) is 4.63. The summed E-state index contributed by atoms with van der Waals surface area (Å²) in [4.78, 5) is 14.2. The number of rotatable bonds is 7. The molecule has 1 heterocycles. The molecular formula is C17H26N2O3. The summed E-state index contributed by atoms with van der Waals surface area (Å²) in [6, 6.07) is 7.67. The van der Waals surface area contributed by atoms with Crippen LogP contribution in [0.25, 0.3) is 0 Å². The molecule has 0 aliphatic carbocycles. The lowest BCUT2D eigenvalue weighted by atomic mass is 10.1. The number of benzene rings is 1. The van der Waals surface area contributed by atoms with Gasteiger partial charge in [-0.25, -0.2) is 0 Å². The van der Waals surface area contributed by atoms with Gasteiger partial charge in [0.25, 0.3) is 0 Å². The molecule has 122 valence electrons. The maximum Gasteiger partial charge on any atom is 0.222 e. The van der Waals surface area contributed by atoms with E-state index < -0.39 is 0 Å². The maximum atomic E-state index is 12.3. The molecule has 1 aromatic carbocycles. The van der Waals surface area contributed by atoms with Crippen LogP contribution in [0.2, 0.25) is 0 Å². The van der Waals surface area contributed by atoms with Gasteiger partial charge in [-0.1, -0.05) is 19.1 Å². The van der Waals surface area contributed by atoms with Crippen molar-refractivity contribution >= 4 is 5.91 Å². The molecule has 0 spiro atoms.